The number of aromatic nitrogens is 1. The summed E-state index contributed by atoms with van der Waals surface area (Å²) in [5, 5.41) is 0. The van der Waals surface area contributed by atoms with E-state index in [2.05, 4.69) is 4.98 Å². The number of likely N-dealkylation sites (tertiary alicyclic amines) is 2. The van der Waals surface area contributed by atoms with Gasteiger partial charge in [-0.25, -0.2) is 18.6 Å². The lowest BCUT2D eigenvalue weighted by Crippen LogP contribution is -2.44. The lowest BCUT2D eigenvalue weighted by molar-refractivity contribution is -0.131. The van der Waals surface area contributed by atoms with Crippen LogP contribution in [0.1, 0.15) is 38.7 Å². The van der Waals surface area contributed by atoms with Crippen molar-refractivity contribution in [3.05, 3.63) is 47.9 Å². The number of halogens is 2. The first kappa shape index (κ1) is 26.8. The number of rotatable bonds is 7. The van der Waals surface area contributed by atoms with Gasteiger partial charge in [0, 0.05) is 50.3 Å². The number of piperidine rings is 1. The number of carbonyl (C=O) groups is 2. The minimum Gasteiger partial charge on any atom is -0.474 e. The number of ether oxygens (including phenoxy) is 2. The van der Waals surface area contributed by atoms with Crippen molar-refractivity contribution in [3.8, 4) is 17.0 Å². The maximum atomic E-state index is 14.8. The molecule has 2 fully saturated rings. The van der Waals surface area contributed by atoms with Crippen LogP contribution in [0.4, 0.5) is 13.6 Å². The number of pyridine rings is 1. The van der Waals surface area contributed by atoms with E-state index < -0.39 is 18.0 Å². The number of carbonyl (C=O) groups excluding carboxylic acids is 2. The van der Waals surface area contributed by atoms with E-state index in [1.54, 1.807) is 29.3 Å². The molecule has 2 atom stereocenters. The smallest absolute Gasteiger partial charge is 0.410 e. The van der Waals surface area contributed by atoms with Crippen LogP contribution in [0.25, 0.3) is 11.1 Å². The Kier molecular flexibility index (Phi) is 8.58. The monoisotopic (exact) mass is 516 g/mol. The number of amides is 2. The molecule has 3 heterocycles. The van der Waals surface area contributed by atoms with E-state index in [9.17, 15) is 18.4 Å². The molecule has 2 saturated heterocycles. The highest BCUT2D eigenvalue weighted by Crippen LogP contribution is 2.25. The normalized spacial score (nSPS) is 19.2. The molecular formula is C27H34F2N4O4. The first-order chi connectivity index (χ1) is 17.7. The Hall–Kier alpha value is -3.27. The average Bonchev–Trinajstić information content (AvgIpc) is 3.31. The summed E-state index contributed by atoms with van der Waals surface area (Å²) in [6.07, 6.45) is 1.80. The fourth-order valence-electron chi connectivity index (χ4n) is 4.59. The number of hydrogen-bond acceptors (Lipinski definition) is 6. The van der Waals surface area contributed by atoms with E-state index >= 15 is 0 Å². The zero-order valence-electron chi connectivity index (χ0n) is 21.2. The summed E-state index contributed by atoms with van der Waals surface area (Å²) in [4.78, 5) is 31.9. The van der Waals surface area contributed by atoms with Gasteiger partial charge < -0.3 is 25.0 Å². The zero-order chi connectivity index (χ0) is 26.5. The molecule has 2 N–H and O–H groups in total. The second-order valence-electron chi connectivity index (χ2n) is 9.91. The minimum absolute atomic E-state index is 0.0391. The van der Waals surface area contributed by atoms with Gasteiger partial charge in [0.05, 0.1) is 18.7 Å². The lowest BCUT2D eigenvalue weighted by atomic mass is 10.0. The van der Waals surface area contributed by atoms with Crippen molar-refractivity contribution in [3.63, 3.8) is 0 Å². The van der Waals surface area contributed by atoms with Crippen LogP contribution >= 0.6 is 0 Å². The van der Waals surface area contributed by atoms with Crippen LogP contribution in [-0.4, -0.2) is 77.4 Å². The van der Waals surface area contributed by atoms with Crippen LogP contribution in [0, 0.1) is 5.82 Å². The second kappa shape index (κ2) is 11.9. The fraction of sp³-hybridized carbons (Fsp3) is 0.519. The molecule has 200 valence electrons. The summed E-state index contributed by atoms with van der Waals surface area (Å²) in [5.74, 6) is -0.357. The van der Waals surface area contributed by atoms with Crippen molar-refractivity contribution in [1.82, 2.24) is 14.8 Å². The number of nitrogens with two attached hydrogens (primary N) is 1. The summed E-state index contributed by atoms with van der Waals surface area (Å²) < 4.78 is 39.4. The predicted octanol–water partition coefficient (Wildman–Crippen LogP) is 3.72. The summed E-state index contributed by atoms with van der Waals surface area (Å²) >= 11 is 0. The first-order valence-corrected chi connectivity index (χ1v) is 12.7. The molecule has 8 nitrogen and oxygen atoms in total. The zero-order valence-corrected chi connectivity index (χ0v) is 21.2. The van der Waals surface area contributed by atoms with E-state index in [1.807, 2.05) is 19.9 Å². The molecule has 10 heteroatoms. The van der Waals surface area contributed by atoms with Gasteiger partial charge in [-0.15, -0.1) is 0 Å². The highest BCUT2D eigenvalue weighted by molar-refractivity contribution is 5.82. The summed E-state index contributed by atoms with van der Waals surface area (Å²) in [5.41, 5.74) is 7.68. The third kappa shape index (κ3) is 6.94. The van der Waals surface area contributed by atoms with Gasteiger partial charge in [0.15, 0.2) is 0 Å². The Morgan fingerprint density at radius 1 is 1.08 bits per heavy atom. The predicted molar refractivity (Wildman–Crippen MR) is 134 cm³/mol. The van der Waals surface area contributed by atoms with Crippen molar-refractivity contribution >= 4 is 12.0 Å². The molecule has 1 aromatic heterocycles. The van der Waals surface area contributed by atoms with Crippen molar-refractivity contribution < 1.29 is 27.8 Å². The van der Waals surface area contributed by atoms with Gasteiger partial charge in [-0.3, -0.25) is 4.79 Å². The summed E-state index contributed by atoms with van der Waals surface area (Å²) in [6, 6.07) is 7.39. The topological polar surface area (TPSA) is 98.0 Å². The maximum absolute atomic E-state index is 14.8. The Labute approximate surface area is 215 Å². The molecule has 2 amide bonds. The van der Waals surface area contributed by atoms with E-state index in [0.29, 0.717) is 55.9 Å². The molecule has 0 radical (unpaired) electrons. The van der Waals surface area contributed by atoms with Gasteiger partial charge in [-0.05, 0) is 49.9 Å². The molecule has 2 aromatic rings. The average molecular weight is 517 g/mol. The Balaban J connectivity index is 1.30. The Morgan fingerprint density at radius 2 is 1.78 bits per heavy atom. The third-order valence-electron chi connectivity index (χ3n) is 6.65. The highest BCUT2D eigenvalue weighted by Gasteiger charge is 2.29. The van der Waals surface area contributed by atoms with Crippen LogP contribution < -0.4 is 10.5 Å². The standard InChI is InChI=1S/C27H34F2N4O4/c1-17(2)36-27(35)32-11-8-22(9-12-32)37-25-6-5-20(15-31-25)18-3-4-19(23(29)13-18)14-24(30)26(34)33-10-7-21(28)16-33/h3-6,13,15,17,21-22,24H,7-12,14,16,30H2,1-2H3/t21-,24?/m0/s1. The summed E-state index contributed by atoms with van der Waals surface area (Å²) in [6.45, 7) is 5.15. The van der Waals surface area contributed by atoms with E-state index in [1.165, 1.54) is 11.0 Å². The molecular weight excluding hydrogens is 482 g/mol. The number of alkyl halides is 1. The number of benzene rings is 1. The molecule has 2 aliphatic rings. The van der Waals surface area contributed by atoms with Crippen LogP contribution in [-0.2, 0) is 16.0 Å². The van der Waals surface area contributed by atoms with E-state index in [0.717, 1.165) is 5.56 Å². The molecule has 0 aliphatic carbocycles. The number of nitrogens with zero attached hydrogens (tertiary/aromatic N) is 3. The molecule has 4 rings (SSSR count). The minimum atomic E-state index is -1.02. The molecule has 1 aromatic carbocycles. The van der Waals surface area contributed by atoms with Crippen molar-refractivity contribution in [2.75, 3.05) is 26.2 Å². The SMILES string of the molecule is CC(C)OC(=O)N1CCC(Oc2ccc(-c3ccc(CC(N)C(=O)N4CC[C@H](F)C4)c(F)c3)cn2)CC1. The van der Waals surface area contributed by atoms with Gasteiger partial charge in [0.25, 0.3) is 0 Å². The lowest BCUT2D eigenvalue weighted by Gasteiger charge is -2.31. The van der Waals surface area contributed by atoms with Gasteiger partial charge in [-0.1, -0.05) is 12.1 Å². The Morgan fingerprint density at radius 3 is 2.38 bits per heavy atom. The van der Waals surface area contributed by atoms with Gasteiger partial charge in [0.2, 0.25) is 11.8 Å². The summed E-state index contributed by atoms with van der Waals surface area (Å²) in [7, 11) is 0. The fourth-order valence-corrected chi connectivity index (χ4v) is 4.59. The first-order valence-electron chi connectivity index (χ1n) is 12.7. The van der Waals surface area contributed by atoms with Crippen molar-refractivity contribution in [1.29, 1.82) is 0 Å². The van der Waals surface area contributed by atoms with Crippen molar-refractivity contribution in [2.45, 2.75) is 64.0 Å². The van der Waals surface area contributed by atoms with Crippen LogP contribution in [0.5, 0.6) is 5.88 Å². The van der Waals surface area contributed by atoms with Crippen LogP contribution in [0.15, 0.2) is 36.5 Å². The van der Waals surface area contributed by atoms with Gasteiger partial charge in [0.1, 0.15) is 18.1 Å². The quantitative estimate of drug-likeness (QED) is 0.603. The Bertz CT molecular complexity index is 1090. The van der Waals surface area contributed by atoms with Crippen LogP contribution in [0.3, 0.4) is 0 Å². The number of hydrogen-bond donors (Lipinski definition) is 1. The van der Waals surface area contributed by atoms with Crippen LogP contribution in [0.2, 0.25) is 0 Å². The molecule has 0 saturated carbocycles. The third-order valence-corrected chi connectivity index (χ3v) is 6.65. The molecule has 0 spiro atoms. The second-order valence-corrected chi connectivity index (χ2v) is 9.91. The van der Waals surface area contributed by atoms with E-state index in [-0.39, 0.29) is 37.2 Å². The molecule has 2 aliphatic heterocycles. The molecule has 37 heavy (non-hydrogen) atoms. The maximum Gasteiger partial charge on any atom is 0.410 e. The van der Waals surface area contributed by atoms with Crippen molar-refractivity contribution in [2.24, 2.45) is 5.73 Å². The van der Waals surface area contributed by atoms with Gasteiger partial charge in [-0.2, -0.15) is 0 Å². The highest BCUT2D eigenvalue weighted by atomic mass is 19.1. The molecule has 1 unspecified atom stereocenters. The van der Waals surface area contributed by atoms with Gasteiger partial charge >= 0.3 is 6.09 Å². The van der Waals surface area contributed by atoms with E-state index in [4.69, 9.17) is 15.2 Å². The molecule has 0 bridgehead atoms. The largest absolute Gasteiger partial charge is 0.474 e.